The molecule has 0 spiro atoms. The van der Waals surface area contributed by atoms with Crippen molar-refractivity contribution < 1.29 is 8.78 Å². The molecule has 25 heavy (non-hydrogen) atoms. The van der Waals surface area contributed by atoms with Crippen molar-refractivity contribution >= 4 is 47.4 Å². The molecule has 0 aliphatic carbocycles. The van der Waals surface area contributed by atoms with Gasteiger partial charge >= 0.3 is 0 Å². The number of hydrogen-bond acceptors (Lipinski definition) is 3. The Labute approximate surface area is 170 Å². The lowest BCUT2D eigenvalue weighted by atomic mass is 10.2. The number of guanidine groups is 1. The Morgan fingerprint density at radius 2 is 2.08 bits per heavy atom. The summed E-state index contributed by atoms with van der Waals surface area (Å²) < 4.78 is 27.8. The largest absolute Gasteiger partial charge is 0.365 e. The van der Waals surface area contributed by atoms with Crippen LogP contribution < -0.4 is 15.5 Å². The first-order valence-corrected chi connectivity index (χ1v) is 9.60. The zero-order valence-corrected chi connectivity index (χ0v) is 18.0. The lowest BCUT2D eigenvalue weighted by Crippen LogP contribution is -2.45. The minimum Gasteiger partial charge on any atom is -0.365 e. The smallest absolute Gasteiger partial charge is 0.191 e. The van der Waals surface area contributed by atoms with Gasteiger partial charge in [0.05, 0.1) is 6.54 Å². The molecule has 4 nitrogen and oxygen atoms in total. The average molecular weight is 484 g/mol. The average Bonchev–Trinajstić information content (AvgIpc) is 3.00. The molecule has 2 rings (SSSR count). The number of nitrogens with zero attached hydrogens (tertiary/aromatic N) is 2. The predicted octanol–water partition coefficient (Wildman–Crippen LogP) is 3.47. The molecule has 1 aromatic rings. The Hall–Kier alpha value is -0.770. The van der Waals surface area contributed by atoms with Crippen LogP contribution in [-0.2, 0) is 0 Å². The Kier molecular flexibility index (Phi) is 9.84. The monoisotopic (exact) mass is 484 g/mol. The Bertz CT molecular complexity index is 553. The van der Waals surface area contributed by atoms with Crippen LogP contribution in [-0.4, -0.2) is 49.7 Å². The van der Waals surface area contributed by atoms with Crippen molar-refractivity contribution in [3.05, 3.63) is 29.8 Å². The zero-order valence-electron chi connectivity index (χ0n) is 14.9. The number of benzene rings is 1. The lowest BCUT2D eigenvalue weighted by molar-refractivity contribution is 0.576. The van der Waals surface area contributed by atoms with Gasteiger partial charge in [-0.3, -0.25) is 4.99 Å². The first kappa shape index (κ1) is 22.3. The van der Waals surface area contributed by atoms with Crippen molar-refractivity contribution in [2.24, 2.45) is 4.99 Å². The van der Waals surface area contributed by atoms with Crippen LogP contribution in [0, 0.1) is 11.6 Å². The van der Waals surface area contributed by atoms with Gasteiger partial charge in [-0.2, -0.15) is 11.8 Å². The summed E-state index contributed by atoms with van der Waals surface area (Å²) in [5, 5.41) is 7.06. The second-order valence-corrected chi connectivity index (χ2v) is 7.19. The first-order chi connectivity index (χ1) is 11.5. The Morgan fingerprint density at radius 3 is 2.68 bits per heavy atom. The van der Waals surface area contributed by atoms with Crippen LogP contribution in [0.1, 0.15) is 20.3 Å². The highest BCUT2D eigenvalue weighted by atomic mass is 127. The molecule has 1 aromatic carbocycles. The highest BCUT2D eigenvalue weighted by Crippen LogP contribution is 2.26. The molecular weight excluding hydrogens is 457 g/mol. The SMILES string of the molecule is CCNC(=NCC(C)SC)NC1CCN(c2c(F)cccc2F)C1.I. The van der Waals surface area contributed by atoms with Gasteiger partial charge in [0.15, 0.2) is 5.96 Å². The normalized spacial score (nSPS) is 18.7. The second-order valence-electron chi connectivity index (χ2n) is 5.91. The van der Waals surface area contributed by atoms with Crippen LogP contribution in [0.15, 0.2) is 23.2 Å². The number of aliphatic imine (C=N–C) groups is 1. The number of hydrogen-bond donors (Lipinski definition) is 2. The number of thioether (sulfide) groups is 1. The minimum absolute atomic E-state index is 0. The first-order valence-electron chi connectivity index (χ1n) is 8.31. The van der Waals surface area contributed by atoms with Crippen LogP contribution >= 0.6 is 35.7 Å². The molecule has 2 unspecified atom stereocenters. The summed E-state index contributed by atoms with van der Waals surface area (Å²) in [6.07, 6.45) is 2.88. The van der Waals surface area contributed by atoms with E-state index in [4.69, 9.17) is 0 Å². The topological polar surface area (TPSA) is 39.7 Å². The number of rotatable bonds is 6. The van der Waals surface area contributed by atoms with Gasteiger partial charge in [-0.15, -0.1) is 24.0 Å². The van der Waals surface area contributed by atoms with Crippen molar-refractivity contribution in [3.8, 4) is 0 Å². The molecule has 1 heterocycles. The van der Waals surface area contributed by atoms with Crippen LogP contribution in [0.25, 0.3) is 0 Å². The minimum atomic E-state index is -0.509. The van der Waals surface area contributed by atoms with Crippen molar-refractivity contribution in [1.82, 2.24) is 10.6 Å². The number of para-hydroxylation sites is 1. The molecule has 142 valence electrons. The maximum Gasteiger partial charge on any atom is 0.191 e. The standard InChI is InChI=1S/C17H26F2N4S.HI/c1-4-20-17(21-10-12(2)24-3)22-13-8-9-23(11-13)16-14(18)6-5-7-15(16)19;/h5-7,12-13H,4,8-11H2,1-3H3,(H2,20,21,22);1H. The summed E-state index contributed by atoms with van der Waals surface area (Å²) in [7, 11) is 0. The molecule has 1 aliphatic heterocycles. The summed E-state index contributed by atoms with van der Waals surface area (Å²) in [6.45, 7) is 6.84. The van der Waals surface area contributed by atoms with Gasteiger partial charge in [0.1, 0.15) is 17.3 Å². The third-order valence-electron chi connectivity index (χ3n) is 4.04. The maximum absolute atomic E-state index is 13.9. The summed E-state index contributed by atoms with van der Waals surface area (Å²) in [5.74, 6) is -0.255. The Balaban J connectivity index is 0.00000312. The van der Waals surface area contributed by atoms with Crippen LogP contribution in [0.3, 0.4) is 0 Å². The van der Waals surface area contributed by atoms with E-state index < -0.39 is 11.6 Å². The third-order valence-corrected chi connectivity index (χ3v) is 4.99. The van der Waals surface area contributed by atoms with E-state index in [0.717, 1.165) is 25.5 Å². The van der Waals surface area contributed by atoms with Gasteiger partial charge < -0.3 is 15.5 Å². The van der Waals surface area contributed by atoms with Gasteiger partial charge in [-0.25, -0.2) is 8.78 Å². The summed E-state index contributed by atoms with van der Waals surface area (Å²) in [4.78, 5) is 6.35. The molecule has 0 saturated carbocycles. The Morgan fingerprint density at radius 1 is 1.40 bits per heavy atom. The van der Waals surface area contributed by atoms with Crippen molar-refractivity contribution in [1.29, 1.82) is 0 Å². The highest BCUT2D eigenvalue weighted by Gasteiger charge is 2.27. The van der Waals surface area contributed by atoms with Gasteiger partial charge in [0, 0.05) is 30.9 Å². The lowest BCUT2D eigenvalue weighted by Gasteiger charge is -2.21. The van der Waals surface area contributed by atoms with E-state index in [9.17, 15) is 8.78 Å². The predicted molar refractivity (Wildman–Crippen MR) is 114 cm³/mol. The van der Waals surface area contributed by atoms with E-state index in [1.807, 2.05) is 6.92 Å². The second kappa shape index (κ2) is 11.1. The van der Waals surface area contributed by atoms with E-state index >= 15 is 0 Å². The highest BCUT2D eigenvalue weighted by molar-refractivity contribution is 14.0. The van der Waals surface area contributed by atoms with Gasteiger partial charge in [-0.1, -0.05) is 13.0 Å². The molecule has 2 atom stereocenters. The van der Waals surface area contributed by atoms with Gasteiger partial charge in [0.2, 0.25) is 0 Å². The number of anilines is 1. The number of nitrogens with one attached hydrogen (secondary N) is 2. The van der Waals surface area contributed by atoms with E-state index in [-0.39, 0.29) is 35.7 Å². The summed E-state index contributed by atoms with van der Waals surface area (Å²) in [5.41, 5.74) is 0.0692. The van der Waals surface area contributed by atoms with E-state index in [1.165, 1.54) is 18.2 Å². The molecule has 2 N–H and O–H groups in total. The van der Waals surface area contributed by atoms with Crippen molar-refractivity contribution in [2.75, 3.05) is 37.3 Å². The fourth-order valence-electron chi connectivity index (χ4n) is 2.68. The molecule has 0 bridgehead atoms. The van der Waals surface area contributed by atoms with Crippen molar-refractivity contribution in [3.63, 3.8) is 0 Å². The fourth-order valence-corrected chi connectivity index (χ4v) is 2.90. The molecule has 0 aromatic heterocycles. The molecule has 8 heteroatoms. The molecule has 1 saturated heterocycles. The van der Waals surface area contributed by atoms with Crippen molar-refractivity contribution in [2.45, 2.75) is 31.6 Å². The fraction of sp³-hybridized carbons (Fsp3) is 0.588. The number of halogens is 3. The van der Waals surface area contributed by atoms with E-state index in [2.05, 4.69) is 28.8 Å². The third kappa shape index (κ3) is 6.47. The quantitative estimate of drug-likeness (QED) is 0.369. The molecule has 0 amide bonds. The molecule has 1 aliphatic rings. The van der Waals surface area contributed by atoms with Crippen LogP contribution in [0.4, 0.5) is 14.5 Å². The maximum atomic E-state index is 13.9. The van der Waals surface area contributed by atoms with Crippen LogP contribution in [0.2, 0.25) is 0 Å². The van der Waals surface area contributed by atoms with Gasteiger partial charge in [0.25, 0.3) is 0 Å². The van der Waals surface area contributed by atoms with E-state index in [0.29, 0.717) is 18.3 Å². The summed E-state index contributed by atoms with van der Waals surface area (Å²) >= 11 is 1.77. The van der Waals surface area contributed by atoms with Gasteiger partial charge in [-0.05, 0) is 31.7 Å². The molecule has 0 radical (unpaired) electrons. The zero-order chi connectivity index (χ0) is 17.5. The van der Waals surface area contributed by atoms with Crippen LogP contribution in [0.5, 0.6) is 0 Å². The van der Waals surface area contributed by atoms with E-state index in [1.54, 1.807) is 16.7 Å². The molecule has 1 fully saturated rings. The summed E-state index contributed by atoms with van der Waals surface area (Å²) in [6, 6.07) is 4.11. The molecular formula is C17H27F2IN4S.